The Hall–Kier alpha value is -1.56. The van der Waals surface area contributed by atoms with Gasteiger partial charge in [0, 0.05) is 31.7 Å². The predicted molar refractivity (Wildman–Crippen MR) is 100 cm³/mol. The molecule has 1 aromatic heterocycles. The van der Waals surface area contributed by atoms with Crippen LogP contribution in [-0.2, 0) is 0 Å². The molecule has 2 aromatic rings. The first kappa shape index (κ1) is 18.8. The highest BCUT2D eigenvalue weighted by Gasteiger charge is 2.39. The average Bonchev–Trinajstić information content (AvgIpc) is 3.05. The summed E-state index contributed by atoms with van der Waals surface area (Å²) < 4.78 is 0. The fourth-order valence-corrected chi connectivity index (χ4v) is 3.73. The van der Waals surface area contributed by atoms with Crippen LogP contribution in [0.3, 0.4) is 0 Å². The number of aromatic nitrogens is 2. The van der Waals surface area contributed by atoms with Gasteiger partial charge in [-0.3, -0.25) is 0 Å². The third kappa shape index (κ3) is 3.58. The summed E-state index contributed by atoms with van der Waals surface area (Å²) in [6, 6.07) is 11.1. The second-order valence-electron chi connectivity index (χ2n) is 6.47. The molecule has 2 atom stereocenters. The monoisotopic (exact) mass is 368 g/mol. The molecule has 0 aliphatic carbocycles. The van der Waals surface area contributed by atoms with E-state index in [0.717, 1.165) is 42.0 Å². The third-order valence-electron chi connectivity index (χ3n) is 4.79. The first-order valence-corrected chi connectivity index (χ1v) is 7.75. The van der Waals surface area contributed by atoms with Gasteiger partial charge >= 0.3 is 0 Å². The summed E-state index contributed by atoms with van der Waals surface area (Å²) in [5, 5.41) is 18.3. The van der Waals surface area contributed by atoms with E-state index in [1.807, 2.05) is 24.3 Å². The van der Waals surface area contributed by atoms with Crippen molar-refractivity contribution in [2.45, 2.75) is 0 Å². The molecule has 0 saturated carbocycles. The summed E-state index contributed by atoms with van der Waals surface area (Å²) in [5.41, 5.74) is 1.68. The predicted octanol–water partition coefficient (Wildman–Crippen LogP) is 2.69. The minimum atomic E-state index is 0. The van der Waals surface area contributed by atoms with Crippen LogP contribution in [0.2, 0.25) is 0 Å². The molecule has 1 aromatic carbocycles. The quantitative estimate of drug-likeness (QED) is 0.882. The highest BCUT2D eigenvalue weighted by atomic mass is 35.5. The van der Waals surface area contributed by atoms with E-state index in [1.165, 1.54) is 13.1 Å². The second-order valence-corrected chi connectivity index (χ2v) is 6.47. The fourth-order valence-electron chi connectivity index (χ4n) is 3.73. The van der Waals surface area contributed by atoms with Crippen LogP contribution in [0.4, 0.5) is 5.82 Å². The van der Waals surface area contributed by atoms with E-state index in [-0.39, 0.29) is 30.6 Å². The first-order valence-electron chi connectivity index (χ1n) is 7.75. The number of hydrogen-bond donors (Lipinski definition) is 1. The number of halogens is 2. The molecule has 3 heterocycles. The normalized spacial score (nSPS) is 22.6. The molecule has 7 heteroatoms. The molecule has 0 bridgehead atoms. The largest absolute Gasteiger partial charge is 0.508 e. The zero-order valence-corrected chi connectivity index (χ0v) is 15.1. The molecule has 1 N–H and O–H groups in total. The SMILES string of the molecule is CN1C[C@@H]2CN(c3ccc(-c4cccc(O)c4)nn3)C[C@@H]2C1.Cl.Cl. The highest BCUT2D eigenvalue weighted by Crippen LogP contribution is 2.32. The lowest BCUT2D eigenvalue weighted by atomic mass is 10.0. The van der Waals surface area contributed by atoms with Crippen molar-refractivity contribution in [1.82, 2.24) is 15.1 Å². The second kappa shape index (κ2) is 7.55. The zero-order valence-electron chi connectivity index (χ0n) is 13.5. The van der Waals surface area contributed by atoms with Crippen molar-refractivity contribution >= 4 is 30.6 Å². The number of rotatable bonds is 2. The Labute approximate surface area is 154 Å². The van der Waals surface area contributed by atoms with Gasteiger partial charge in [-0.2, -0.15) is 0 Å². The van der Waals surface area contributed by atoms with Gasteiger partial charge in [0.1, 0.15) is 5.75 Å². The van der Waals surface area contributed by atoms with Crippen LogP contribution in [0.15, 0.2) is 36.4 Å². The van der Waals surface area contributed by atoms with E-state index in [1.54, 1.807) is 12.1 Å². The topological polar surface area (TPSA) is 52.5 Å². The number of aromatic hydroxyl groups is 1. The standard InChI is InChI=1S/C17H20N4O.2ClH/c1-20-8-13-10-21(11-14(13)9-20)17-6-5-16(18-19-17)12-3-2-4-15(22)7-12;;/h2-7,13-14,22H,8-11H2,1H3;2*1H/t13-,14+;;. The molecule has 2 saturated heterocycles. The van der Waals surface area contributed by atoms with Crippen molar-refractivity contribution in [1.29, 1.82) is 0 Å². The van der Waals surface area contributed by atoms with Crippen LogP contribution in [0.1, 0.15) is 0 Å². The number of likely N-dealkylation sites (tertiary alicyclic amines) is 1. The Morgan fingerprint density at radius 1 is 0.958 bits per heavy atom. The molecule has 24 heavy (non-hydrogen) atoms. The lowest BCUT2D eigenvalue weighted by Gasteiger charge is -2.19. The Bertz CT molecular complexity index is 669. The molecule has 4 rings (SSSR count). The minimum absolute atomic E-state index is 0. The van der Waals surface area contributed by atoms with Crippen molar-refractivity contribution in [2.75, 3.05) is 38.1 Å². The molecule has 2 aliphatic rings. The zero-order chi connectivity index (χ0) is 15.1. The maximum Gasteiger partial charge on any atom is 0.151 e. The molecule has 0 spiro atoms. The molecule has 0 unspecified atom stereocenters. The van der Waals surface area contributed by atoms with E-state index in [9.17, 15) is 5.11 Å². The number of anilines is 1. The summed E-state index contributed by atoms with van der Waals surface area (Å²) in [7, 11) is 2.20. The fraction of sp³-hybridized carbons (Fsp3) is 0.412. The average molecular weight is 369 g/mol. The summed E-state index contributed by atoms with van der Waals surface area (Å²) >= 11 is 0. The number of benzene rings is 1. The van der Waals surface area contributed by atoms with Crippen molar-refractivity contribution < 1.29 is 5.11 Å². The number of hydrogen-bond acceptors (Lipinski definition) is 5. The van der Waals surface area contributed by atoms with Crippen molar-refractivity contribution in [3.63, 3.8) is 0 Å². The Balaban J connectivity index is 0.00000104. The number of phenolic OH excluding ortho intramolecular Hbond substituents is 1. The molecular formula is C17H22Cl2N4O. The molecule has 130 valence electrons. The maximum atomic E-state index is 9.55. The van der Waals surface area contributed by atoms with E-state index in [0.29, 0.717) is 0 Å². The van der Waals surface area contributed by atoms with Crippen LogP contribution in [-0.4, -0.2) is 53.4 Å². The van der Waals surface area contributed by atoms with Crippen LogP contribution in [0, 0.1) is 11.8 Å². The third-order valence-corrected chi connectivity index (χ3v) is 4.79. The van der Waals surface area contributed by atoms with Gasteiger partial charge in [0.25, 0.3) is 0 Å². The van der Waals surface area contributed by atoms with Crippen molar-refractivity contribution in [2.24, 2.45) is 11.8 Å². The molecule has 0 amide bonds. The van der Waals surface area contributed by atoms with Gasteiger partial charge in [0.15, 0.2) is 5.82 Å². The lowest BCUT2D eigenvalue weighted by Crippen LogP contribution is -2.27. The van der Waals surface area contributed by atoms with Gasteiger partial charge in [0.2, 0.25) is 0 Å². The lowest BCUT2D eigenvalue weighted by molar-refractivity contribution is 0.387. The molecule has 2 aliphatic heterocycles. The Morgan fingerprint density at radius 3 is 2.25 bits per heavy atom. The van der Waals surface area contributed by atoms with E-state index in [4.69, 9.17) is 0 Å². The van der Waals surface area contributed by atoms with E-state index >= 15 is 0 Å². The van der Waals surface area contributed by atoms with E-state index < -0.39 is 0 Å². The van der Waals surface area contributed by atoms with Gasteiger partial charge in [-0.05, 0) is 43.1 Å². The summed E-state index contributed by atoms with van der Waals surface area (Å²) in [6.07, 6.45) is 0. The first-order chi connectivity index (χ1) is 10.7. The Morgan fingerprint density at radius 2 is 1.67 bits per heavy atom. The van der Waals surface area contributed by atoms with Gasteiger partial charge < -0.3 is 14.9 Å². The van der Waals surface area contributed by atoms with Crippen LogP contribution >= 0.6 is 24.8 Å². The number of nitrogens with zero attached hydrogens (tertiary/aromatic N) is 4. The summed E-state index contributed by atoms with van der Waals surface area (Å²) in [4.78, 5) is 4.77. The molecule has 0 radical (unpaired) electrons. The van der Waals surface area contributed by atoms with Crippen LogP contribution in [0.5, 0.6) is 5.75 Å². The summed E-state index contributed by atoms with van der Waals surface area (Å²) in [5.74, 6) is 2.73. The van der Waals surface area contributed by atoms with Gasteiger partial charge in [0.05, 0.1) is 5.69 Å². The molecular weight excluding hydrogens is 347 g/mol. The van der Waals surface area contributed by atoms with Crippen LogP contribution < -0.4 is 4.90 Å². The van der Waals surface area contributed by atoms with Crippen molar-refractivity contribution in [3.05, 3.63) is 36.4 Å². The number of fused-ring (bicyclic) bond motifs is 1. The van der Waals surface area contributed by atoms with Crippen molar-refractivity contribution in [3.8, 4) is 17.0 Å². The summed E-state index contributed by atoms with van der Waals surface area (Å²) in [6.45, 7) is 4.54. The maximum absolute atomic E-state index is 9.55. The van der Waals surface area contributed by atoms with Gasteiger partial charge in [-0.15, -0.1) is 35.0 Å². The minimum Gasteiger partial charge on any atom is -0.508 e. The van der Waals surface area contributed by atoms with Gasteiger partial charge in [-0.25, -0.2) is 0 Å². The van der Waals surface area contributed by atoms with Gasteiger partial charge in [-0.1, -0.05) is 12.1 Å². The van der Waals surface area contributed by atoms with Crippen LogP contribution in [0.25, 0.3) is 11.3 Å². The smallest absolute Gasteiger partial charge is 0.151 e. The molecule has 5 nitrogen and oxygen atoms in total. The van der Waals surface area contributed by atoms with E-state index in [2.05, 4.69) is 27.0 Å². The number of phenols is 1. The Kier molecular flexibility index (Phi) is 5.91. The highest BCUT2D eigenvalue weighted by molar-refractivity contribution is 5.85. The molecule has 2 fully saturated rings.